The molecule has 0 spiro atoms. The van der Waals surface area contributed by atoms with Crippen LogP contribution in [-0.4, -0.2) is 37.2 Å². The predicted molar refractivity (Wildman–Crippen MR) is 344 cm³/mol. The molecule has 456 valence electrons. The summed E-state index contributed by atoms with van der Waals surface area (Å²) in [4.78, 5) is 38.4. The van der Waals surface area contributed by atoms with E-state index < -0.39 is 6.10 Å². The Hall–Kier alpha value is -3.41. The molecule has 0 aromatic rings. The van der Waals surface area contributed by atoms with Crippen molar-refractivity contribution in [2.45, 2.75) is 348 Å². The van der Waals surface area contributed by atoms with Gasteiger partial charge in [-0.2, -0.15) is 0 Å². The monoisotopic (exact) mass is 1100 g/mol. The molecule has 1 atom stereocenters. The van der Waals surface area contributed by atoms with Crippen molar-refractivity contribution >= 4 is 17.9 Å². The number of ether oxygens (including phenoxy) is 3. The third kappa shape index (κ3) is 65.3. The van der Waals surface area contributed by atoms with E-state index in [1.807, 2.05) is 0 Å². The summed E-state index contributed by atoms with van der Waals surface area (Å²) in [6.07, 6.45) is 88.8. The number of rotatable bonds is 62. The molecule has 0 aliphatic carbocycles. The molecule has 0 bridgehead atoms. The van der Waals surface area contributed by atoms with Gasteiger partial charge in [0.25, 0.3) is 0 Å². The summed E-state index contributed by atoms with van der Waals surface area (Å²) in [5.74, 6) is -0.878. The van der Waals surface area contributed by atoms with Crippen molar-refractivity contribution in [3.05, 3.63) is 85.1 Å². The van der Waals surface area contributed by atoms with Gasteiger partial charge in [0.1, 0.15) is 13.2 Å². The molecule has 0 fully saturated rings. The van der Waals surface area contributed by atoms with Gasteiger partial charge in [-0.05, 0) is 116 Å². The van der Waals surface area contributed by atoms with Gasteiger partial charge in [-0.1, -0.05) is 292 Å². The molecule has 0 heterocycles. The average molecular weight is 1100 g/mol. The SMILES string of the molecule is CC/C=C\C/C=C\C/C=C\C/C=C\CCCCCCCCCCCCC(=O)OC(COC(=O)CCCCCCC/C=C\CCCCCC)COC(=O)CCCCCCCCCCCCCCC/C=C\C/C=C\CCCCCCC. The minimum Gasteiger partial charge on any atom is -0.462 e. The van der Waals surface area contributed by atoms with Crippen LogP contribution in [0.3, 0.4) is 0 Å². The molecule has 6 nitrogen and oxygen atoms in total. The first-order valence-electron chi connectivity index (χ1n) is 34.1. The third-order valence-electron chi connectivity index (χ3n) is 14.9. The highest BCUT2D eigenvalue weighted by Crippen LogP contribution is 2.17. The summed E-state index contributed by atoms with van der Waals surface area (Å²) in [6, 6.07) is 0. The van der Waals surface area contributed by atoms with Crippen molar-refractivity contribution in [2.75, 3.05) is 13.2 Å². The maximum absolute atomic E-state index is 12.9. The zero-order valence-electron chi connectivity index (χ0n) is 52.4. The first-order chi connectivity index (χ1) is 39.0. The lowest BCUT2D eigenvalue weighted by molar-refractivity contribution is -0.167. The van der Waals surface area contributed by atoms with Gasteiger partial charge in [0.15, 0.2) is 6.10 Å². The summed E-state index contributed by atoms with van der Waals surface area (Å²) >= 11 is 0. The topological polar surface area (TPSA) is 78.9 Å². The number of esters is 3. The lowest BCUT2D eigenvalue weighted by atomic mass is 10.0. The molecule has 0 aromatic carbocycles. The predicted octanol–water partition coefficient (Wildman–Crippen LogP) is 23.4. The van der Waals surface area contributed by atoms with Crippen LogP contribution in [0.15, 0.2) is 85.1 Å². The number of carbonyl (C=O) groups is 3. The largest absolute Gasteiger partial charge is 0.462 e. The lowest BCUT2D eigenvalue weighted by Crippen LogP contribution is -2.30. The Morgan fingerprint density at radius 2 is 0.494 bits per heavy atom. The smallest absolute Gasteiger partial charge is 0.306 e. The molecule has 0 saturated carbocycles. The standard InChI is InChI=1S/C73H128O6/c1-4-7-10-13-16-19-22-25-27-29-31-33-35-36-38-39-41-43-45-48-51-54-57-60-63-66-72(75)78-69-70(68-77-71(74)65-62-59-56-53-50-47-24-21-18-15-12-9-6-3)79-73(76)67-64-61-58-55-52-49-46-44-42-40-37-34-32-30-28-26-23-20-17-14-11-8-5-2/h8,11,17,20-22,24-26,28-29,31-32,34,70H,4-7,9-10,12-16,18-19,23,27,30,33,35-69H2,1-3H3/b11-8-,20-17-,24-21-,25-22-,28-26-,31-29-,34-32-. The number of carbonyl (C=O) groups excluding carboxylic acids is 3. The van der Waals surface area contributed by atoms with Crippen molar-refractivity contribution in [3.63, 3.8) is 0 Å². The fourth-order valence-corrected chi connectivity index (χ4v) is 9.76. The average Bonchev–Trinajstić information content (AvgIpc) is 3.45. The Labute approximate surface area is 490 Å². The summed E-state index contributed by atoms with van der Waals surface area (Å²) in [5.41, 5.74) is 0. The van der Waals surface area contributed by atoms with Crippen molar-refractivity contribution in [2.24, 2.45) is 0 Å². The van der Waals surface area contributed by atoms with E-state index in [0.717, 1.165) is 96.3 Å². The molecule has 6 heteroatoms. The Kier molecular flexibility index (Phi) is 64.2. The fourth-order valence-electron chi connectivity index (χ4n) is 9.76. The van der Waals surface area contributed by atoms with Crippen LogP contribution in [0.5, 0.6) is 0 Å². The number of allylic oxidation sites excluding steroid dienone is 14. The van der Waals surface area contributed by atoms with E-state index in [1.165, 1.54) is 205 Å². The van der Waals surface area contributed by atoms with E-state index in [4.69, 9.17) is 14.2 Å². The molecule has 0 aliphatic heterocycles. The molecular weight excluding hydrogens is 973 g/mol. The van der Waals surface area contributed by atoms with Crippen molar-refractivity contribution < 1.29 is 28.6 Å². The van der Waals surface area contributed by atoms with Crippen LogP contribution < -0.4 is 0 Å². The van der Waals surface area contributed by atoms with Crippen LogP contribution in [0, 0.1) is 0 Å². The minimum absolute atomic E-state index is 0.0791. The van der Waals surface area contributed by atoms with Gasteiger partial charge < -0.3 is 14.2 Å². The Morgan fingerprint density at radius 3 is 0.797 bits per heavy atom. The van der Waals surface area contributed by atoms with Crippen LogP contribution in [0.1, 0.15) is 342 Å². The Bertz CT molecular complexity index is 1500. The second-order valence-corrected chi connectivity index (χ2v) is 22.7. The van der Waals surface area contributed by atoms with Crippen LogP contribution >= 0.6 is 0 Å². The van der Waals surface area contributed by atoms with Crippen molar-refractivity contribution in [3.8, 4) is 0 Å². The molecule has 0 aliphatic rings. The minimum atomic E-state index is -0.784. The summed E-state index contributed by atoms with van der Waals surface area (Å²) in [6.45, 7) is 6.53. The van der Waals surface area contributed by atoms with Gasteiger partial charge in [-0.15, -0.1) is 0 Å². The molecule has 0 amide bonds. The van der Waals surface area contributed by atoms with E-state index >= 15 is 0 Å². The fraction of sp³-hybridized carbons (Fsp3) is 0.767. The van der Waals surface area contributed by atoms with Gasteiger partial charge >= 0.3 is 17.9 Å². The van der Waals surface area contributed by atoms with Gasteiger partial charge in [0.2, 0.25) is 0 Å². The van der Waals surface area contributed by atoms with E-state index in [1.54, 1.807) is 0 Å². The van der Waals surface area contributed by atoms with E-state index in [2.05, 4.69) is 106 Å². The van der Waals surface area contributed by atoms with E-state index in [0.29, 0.717) is 19.3 Å². The van der Waals surface area contributed by atoms with Crippen LogP contribution in [0.25, 0.3) is 0 Å². The second-order valence-electron chi connectivity index (χ2n) is 22.7. The van der Waals surface area contributed by atoms with Gasteiger partial charge in [-0.3, -0.25) is 14.4 Å². The van der Waals surface area contributed by atoms with Crippen LogP contribution in [0.2, 0.25) is 0 Å². The number of hydrogen-bond acceptors (Lipinski definition) is 6. The molecule has 0 rings (SSSR count). The zero-order valence-corrected chi connectivity index (χ0v) is 52.4. The van der Waals surface area contributed by atoms with Gasteiger partial charge in [0, 0.05) is 19.3 Å². The highest BCUT2D eigenvalue weighted by molar-refractivity contribution is 5.71. The van der Waals surface area contributed by atoms with E-state index in [9.17, 15) is 14.4 Å². The number of unbranched alkanes of at least 4 members (excludes halogenated alkanes) is 37. The van der Waals surface area contributed by atoms with Gasteiger partial charge in [0.05, 0.1) is 0 Å². The maximum Gasteiger partial charge on any atom is 0.306 e. The first kappa shape index (κ1) is 75.6. The van der Waals surface area contributed by atoms with Crippen molar-refractivity contribution in [1.82, 2.24) is 0 Å². The lowest BCUT2D eigenvalue weighted by Gasteiger charge is -2.18. The molecular formula is C73H128O6. The third-order valence-corrected chi connectivity index (χ3v) is 14.9. The molecule has 0 aromatic heterocycles. The molecule has 0 N–H and O–H groups in total. The molecule has 79 heavy (non-hydrogen) atoms. The Morgan fingerprint density at radius 1 is 0.266 bits per heavy atom. The molecule has 0 radical (unpaired) electrons. The van der Waals surface area contributed by atoms with Gasteiger partial charge in [-0.25, -0.2) is 0 Å². The maximum atomic E-state index is 12.9. The summed E-state index contributed by atoms with van der Waals surface area (Å²) in [5, 5.41) is 0. The quantitative estimate of drug-likeness (QED) is 0.0261. The highest BCUT2D eigenvalue weighted by atomic mass is 16.6. The number of hydrogen-bond donors (Lipinski definition) is 0. The highest BCUT2D eigenvalue weighted by Gasteiger charge is 2.19. The summed E-state index contributed by atoms with van der Waals surface area (Å²) in [7, 11) is 0. The second kappa shape index (κ2) is 67.1. The summed E-state index contributed by atoms with van der Waals surface area (Å²) < 4.78 is 17.0. The van der Waals surface area contributed by atoms with Crippen LogP contribution in [0.4, 0.5) is 0 Å². The first-order valence-corrected chi connectivity index (χ1v) is 34.1. The van der Waals surface area contributed by atoms with E-state index in [-0.39, 0.29) is 31.1 Å². The van der Waals surface area contributed by atoms with Crippen LogP contribution in [-0.2, 0) is 28.6 Å². The molecule has 1 unspecified atom stereocenters. The molecule has 0 saturated heterocycles. The Balaban J connectivity index is 4.29. The normalized spacial score (nSPS) is 12.6. The zero-order chi connectivity index (χ0) is 57.1. The van der Waals surface area contributed by atoms with Crippen molar-refractivity contribution in [1.29, 1.82) is 0 Å².